The van der Waals surface area contributed by atoms with Crippen LogP contribution in [0.25, 0.3) is 0 Å². The van der Waals surface area contributed by atoms with E-state index in [4.69, 9.17) is 23.2 Å². The maximum Gasteiger partial charge on any atom is 0.352 e. The Hall–Kier alpha value is -2.08. The molecule has 1 unspecified atom stereocenters. The zero-order chi connectivity index (χ0) is 19.5. The topological polar surface area (TPSA) is 47.9 Å². The third-order valence-electron chi connectivity index (χ3n) is 5.18. The number of nitrogens with one attached hydrogen (secondary N) is 1. The summed E-state index contributed by atoms with van der Waals surface area (Å²) in [4.78, 5) is 12.8. The number of amides is 2. The van der Waals surface area contributed by atoms with Crippen molar-refractivity contribution in [3.05, 3.63) is 69.7 Å². The van der Waals surface area contributed by atoms with Gasteiger partial charge < -0.3 is 0 Å². The lowest BCUT2D eigenvalue weighted by atomic mass is 9.91. The summed E-state index contributed by atoms with van der Waals surface area (Å²) in [5.41, 5.74) is 5.79. The normalized spacial score (nSPS) is 20.1. The zero-order valence-electron chi connectivity index (χ0n) is 15.4. The van der Waals surface area contributed by atoms with E-state index < -0.39 is 0 Å². The molecule has 28 heavy (non-hydrogen) atoms. The van der Waals surface area contributed by atoms with E-state index in [0.717, 1.165) is 42.8 Å². The molecule has 2 aromatic carbocycles. The van der Waals surface area contributed by atoms with Crippen molar-refractivity contribution in [2.45, 2.75) is 25.2 Å². The average molecular weight is 417 g/mol. The summed E-state index contributed by atoms with van der Waals surface area (Å²) in [6.45, 7) is 2.25. The van der Waals surface area contributed by atoms with Crippen molar-refractivity contribution in [1.82, 2.24) is 15.4 Å². The minimum absolute atomic E-state index is 0.0226. The maximum atomic E-state index is 12.8. The molecule has 0 aliphatic carbocycles. The van der Waals surface area contributed by atoms with Crippen LogP contribution in [0.4, 0.5) is 4.79 Å². The molecule has 1 N–H and O–H groups in total. The van der Waals surface area contributed by atoms with E-state index in [1.807, 2.05) is 35.3 Å². The predicted octanol–water partition coefficient (Wildman–Crippen LogP) is 4.91. The van der Waals surface area contributed by atoms with E-state index in [2.05, 4.69) is 22.7 Å². The van der Waals surface area contributed by atoms with Crippen LogP contribution >= 0.6 is 23.2 Å². The van der Waals surface area contributed by atoms with Crippen LogP contribution in [0.3, 0.4) is 0 Å². The summed E-state index contributed by atoms with van der Waals surface area (Å²) in [6.07, 6.45) is 3.42. The molecule has 7 heteroatoms. The van der Waals surface area contributed by atoms with Crippen molar-refractivity contribution in [3.8, 4) is 0 Å². The van der Waals surface area contributed by atoms with Crippen LogP contribution in [-0.4, -0.2) is 41.4 Å². The van der Waals surface area contributed by atoms with Gasteiger partial charge in [-0.1, -0.05) is 66.0 Å². The molecule has 2 aliphatic heterocycles. The molecule has 0 bridgehead atoms. The SMILES string of the molecule is O=C(NN1CCCCC1)N1CC(c2ccccc2)C(c2ccc(Cl)c(Cl)c2)=N1. The Morgan fingerprint density at radius 1 is 1.00 bits per heavy atom. The number of hydrazone groups is 1. The standard InChI is InChI=1S/C21H22Cl2N4O/c22-18-10-9-16(13-19(18)23)20-17(15-7-3-1-4-8-15)14-27(24-20)21(28)25-26-11-5-2-6-12-26/h1,3-4,7-10,13,17H,2,5-6,11-12,14H2,(H,25,28). The maximum absolute atomic E-state index is 12.8. The molecule has 2 aromatic rings. The lowest BCUT2D eigenvalue weighted by Crippen LogP contribution is -2.49. The van der Waals surface area contributed by atoms with Crippen LogP contribution in [0.5, 0.6) is 0 Å². The number of halogens is 2. The Morgan fingerprint density at radius 2 is 1.75 bits per heavy atom. The minimum atomic E-state index is -0.196. The number of rotatable bonds is 3. The van der Waals surface area contributed by atoms with Gasteiger partial charge >= 0.3 is 6.03 Å². The number of carbonyl (C=O) groups excluding carboxylic acids is 1. The molecule has 1 saturated heterocycles. The zero-order valence-corrected chi connectivity index (χ0v) is 17.0. The third-order valence-corrected chi connectivity index (χ3v) is 5.91. The van der Waals surface area contributed by atoms with Crippen LogP contribution in [0.15, 0.2) is 53.6 Å². The highest BCUT2D eigenvalue weighted by Crippen LogP contribution is 2.31. The fourth-order valence-electron chi connectivity index (χ4n) is 3.69. The molecule has 4 rings (SSSR count). The molecular weight excluding hydrogens is 395 g/mol. The van der Waals surface area contributed by atoms with Crippen molar-refractivity contribution in [2.75, 3.05) is 19.6 Å². The second kappa shape index (κ2) is 8.52. The van der Waals surface area contributed by atoms with Gasteiger partial charge in [0.1, 0.15) is 0 Å². The number of piperidine rings is 1. The Kier molecular flexibility index (Phi) is 5.85. The van der Waals surface area contributed by atoms with E-state index in [1.54, 1.807) is 6.07 Å². The first-order chi connectivity index (χ1) is 13.6. The quantitative estimate of drug-likeness (QED) is 0.772. The molecule has 2 heterocycles. The summed E-state index contributed by atoms with van der Waals surface area (Å²) >= 11 is 12.3. The lowest BCUT2D eigenvalue weighted by molar-refractivity contribution is 0.133. The minimum Gasteiger partial charge on any atom is -0.269 e. The smallest absolute Gasteiger partial charge is 0.269 e. The van der Waals surface area contributed by atoms with Crippen molar-refractivity contribution >= 4 is 34.9 Å². The van der Waals surface area contributed by atoms with Crippen LogP contribution in [0.2, 0.25) is 10.0 Å². The average Bonchev–Trinajstić information content (AvgIpc) is 3.17. The molecule has 146 valence electrons. The van der Waals surface area contributed by atoms with E-state index in [1.165, 1.54) is 11.4 Å². The molecule has 0 saturated carbocycles. The number of hydrazine groups is 1. The second-order valence-corrected chi connectivity index (χ2v) is 7.94. The monoisotopic (exact) mass is 416 g/mol. The molecule has 0 spiro atoms. The molecule has 1 atom stereocenters. The fourth-order valence-corrected chi connectivity index (χ4v) is 3.99. The third kappa shape index (κ3) is 4.17. The molecule has 5 nitrogen and oxygen atoms in total. The van der Waals surface area contributed by atoms with Crippen molar-refractivity contribution in [2.24, 2.45) is 5.10 Å². The largest absolute Gasteiger partial charge is 0.352 e. The predicted molar refractivity (Wildman–Crippen MR) is 113 cm³/mol. The summed E-state index contributed by atoms with van der Waals surface area (Å²) in [5, 5.41) is 9.14. The highest BCUT2D eigenvalue weighted by Gasteiger charge is 2.33. The van der Waals surface area contributed by atoms with E-state index in [0.29, 0.717) is 16.6 Å². The second-order valence-electron chi connectivity index (χ2n) is 7.12. The van der Waals surface area contributed by atoms with Crippen LogP contribution in [-0.2, 0) is 0 Å². The Balaban J connectivity index is 1.61. The molecule has 0 aromatic heterocycles. The highest BCUT2D eigenvalue weighted by atomic mass is 35.5. The van der Waals surface area contributed by atoms with E-state index in [9.17, 15) is 4.79 Å². The lowest BCUT2D eigenvalue weighted by Gasteiger charge is -2.28. The van der Waals surface area contributed by atoms with E-state index >= 15 is 0 Å². The van der Waals surface area contributed by atoms with Gasteiger partial charge in [-0.25, -0.2) is 14.8 Å². The molecule has 2 aliphatic rings. The van der Waals surface area contributed by atoms with Crippen molar-refractivity contribution in [3.63, 3.8) is 0 Å². The van der Waals surface area contributed by atoms with Gasteiger partial charge in [-0.15, -0.1) is 0 Å². The fraction of sp³-hybridized carbons (Fsp3) is 0.333. The van der Waals surface area contributed by atoms with Gasteiger partial charge in [0.25, 0.3) is 0 Å². The highest BCUT2D eigenvalue weighted by molar-refractivity contribution is 6.42. The van der Waals surface area contributed by atoms with Gasteiger partial charge in [0.2, 0.25) is 0 Å². The van der Waals surface area contributed by atoms with Gasteiger partial charge in [0, 0.05) is 24.6 Å². The molecule has 2 amide bonds. The van der Waals surface area contributed by atoms with Gasteiger partial charge in [0.15, 0.2) is 0 Å². The van der Waals surface area contributed by atoms with Gasteiger partial charge in [-0.3, -0.25) is 5.43 Å². The van der Waals surface area contributed by atoms with Crippen LogP contribution < -0.4 is 5.43 Å². The Labute approximate surface area is 174 Å². The summed E-state index contributed by atoms with van der Waals surface area (Å²) in [5.74, 6) is -0.0226. The van der Waals surface area contributed by atoms with Crippen LogP contribution in [0, 0.1) is 0 Å². The Morgan fingerprint density at radius 3 is 2.46 bits per heavy atom. The van der Waals surface area contributed by atoms with Crippen molar-refractivity contribution in [1.29, 1.82) is 0 Å². The van der Waals surface area contributed by atoms with Crippen LogP contribution in [0.1, 0.15) is 36.3 Å². The van der Waals surface area contributed by atoms with Gasteiger partial charge in [-0.2, -0.15) is 5.10 Å². The first-order valence-electron chi connectivity index (χ1n) is 9.54. The number of hydrogen-bond acceptors (Lipinski definition) is 3. The summed E-state index contributed by atoms with van der Waals surface area (Å²) in [6, 6.07) is 15.4. The molecule has 1 fully saturated rings. The first-order valence-corrected chi connectivity index (χ1v) is 10.3. The number of nitrogens with zero attached hydrogens (tertiary/aromatic N) is 3. The first kappa shape index (κ1) is 19.2. The van der Waals surface area contributed by atoms with Crippen molar-refractivity contribution < 1.29 is 4.79 Å². The van der Waals surface area contributed by atoms with Gasteiger partial charge in [0.05, 0.1) is 22.3 Å². The summed E-state index contributed by atoms with van der Waals surface area (Å²) in [7, 11) is 0. The number of urea groups is 1. The number of carbonyl (C=O) groups is 1. The number of hydrogen-bond donors (Lipinski definition) is 1. The number of benzene rings is 2. The molecule has 0 radical (unpaired) electrons. The summed E-state index contributed by atoms with van der Waals surface area (Å²) < 4.78 is 0. The molecular formula is C21H22Cl2N4O. The van der Waals surface area contributed by atoms with E-state index in [-0.39, 0.29) is 11.9 Å². The van der Waals surface area contributed by atoms with Gasteiger partial charge in [-0.05, 0) is 30.5 Å². The Bertz CT molecular complexity index is 881.